The smallest absolute Gasteiger partial charge is 0.122 e. The maximum absolute atomic E-state index is 6.40. The molecule has 0 radical (unpaired) electrons. The Bertz CT molecular complexity index is 610. The van der Waals surface area contributed by atoms with Crippen LogP contribution in [0.4, 0.5) is 0 Å². The van der Waals surface area contributed by atoms with Crippen LogP contribution in [0.3, 0.4) is 0 Å². The number of hydrogen-bond donors (Lipinski definition) is 1. The van der Waals surface area contributed by atoms with E-state index in [2.05, 4.69) is 41.1 Å². The highest BCUT2D eigenvalue weighted by molar-refractivity contribution is 9.10. The van der Waals surface area contributed by atoms with Gasteiger partial charge >= 0.3 is 0 Å². The number of hydrogen-bond acceptors (Lipinski definition) is 2. The maximum Gasteiger partial charge on any atom is 0.122 e. The summed E-state index contributed by atoms with van der Waals surface area (Å²) in [5.41, 5.74) is 11.1. The summed E-state index contributed by atoms with van der Waals surface area (Å²) in [5, 5.41) is 0. The van der Waals surface area contributed by atoms with Gasteiger partial charge < -0.3 is 10.5 Å². The number of ether oxygens (including phenoxy) is 1. The molecular weight excluding hydrogens is 314 g/mol. The third kappa shape index (κ3) is 3.22. The van der Waals surface area contributed by atoms with E-state index >= 15 is 0 Å². The van der Waals surface area contributed by atoms with E-state index in [9.17, 15) is 0 Å². The normalized spacial score (nSPS) is 12.2. The molecule has 0 aliphatic carbocycles. The van der Waals surface area contributed by atoms with Crippen LogP contribution in [0.25, 0.3) is 0 Å². The summed E-state index contributed by atoms with van der Waals surface area (Å²) in [7, 11) is 1.70. The molecule has 20 heavy (non-hydrogen) atoms. The molecule has 0 saturated carbocycles. The lowest BCUT2D eigenvalue weighted by molar-refractivity contribution is 0.411. The van der Waals surface area contributed by atoms with Gasteiger partial charge in [-0.05, 0) is 54.7 Å². The quantitative estimate of drug-likeness (QED) is 0.904. The fourth-order valence-corrected chi connectivity index (χ4v) is 2.89. The third-order valence-corrected chi connectivity index (χ3v) is 4.35. The molecule has 2 aromatic carbocycles. The molecule has 2 aromatic rings. The molecule has 0 heterocycles. The molecule has 1 unspecified atom stereocenters. The Morgan fingerprint density at radius 2 is 1.85 bits per heavy atom. The standard InChI is InChI=1S/C17H20BrNO/c1-11-9-17(20-3)12(2)8-14(11)16(19)10-13-6-4-5-7-15(13)18/h4-9,16H,10,19H2,1-3H3. The molecule has 2 nitrogen and oxygen atoms in total. The third-order valence-electron chi connectivity index (χ3n) is 3.58. The first-order chi connectivity index (χ1) is 9.52. The van der Waals surface area contributed by atoms with Crippen LogP contribution in [-0.4, -0.2) is 7.11 Å². The highest BCUT2D eigenvalue weighted by Crippen LogP contribution is 2.28. The molecule has 0 aliphatic rings. The van der Waals surface area contributed by atoms with Crippen molar-refractivity contribution in [1.82, 2.24) is 0 Å². The molecule has 1 atom stereocenters. The Morgan fingerprint density at radius 3 is 2.50 bits per heavy atom. The number of nitrogens with two attached hydrogens (primary N) is 1. The van der Waals surface area contributed by atoms with Crippen molar-refractivity contribution in [3.05, 3.63) is 63.1 Å². The summed E-state index contributed by atoms with van der Waals surface area (Å²) >= 11 is 3.58. The summed E-state index contributed by atoms with van der Waals surface area (Å²) < 4.78 is 6.46. The van der Waals surface area contributed by atoms with E-state index in [1.807, 2.05) is 25.1 Å². The molecule has 2 rings (SSSR count). The SMILES string of the molecule is COc1cc(C)c(C(N)Cc2ccccc2Br)cc1C. The Labute approximate surface area is 129 Å². The van der Waals surface area contributed by atoms with Gasteiger partial charge in [0.1, 0.15) is 5.75 Å². The molecule has 0 aromatic heterocycles. The van der Waals surface area contributed by atoms with E-state index in [0.29, 0.717) is 0 Å². The summed E-state index contributed by atoms with van der Waals surface area (Å²) in [4.78, 5) is 0. The van der Waals surface area contributed by atoms with E-state index in [-0.39, 0.29) is 6.04 Å². The molecule has 0 fully saturated rings. The van der Waals surface area contributed by atoms with Crippen molar-refractivity contribution in [2.45, 2.75) is 26.3 Å². The van der Waals surface area contributed by atoms with Crippen LogP contribution in [0.2, 0.25) is 0 Å². The van der Waals surface area contributed by atoms with E-state index in [1.165, 1.54) is 16.7 Å². The Hall–Kier alpha value is -1.32. The minimum Gasteiger partial charge on any atom is -0.496 e. The topological polar surface area (TPSA) is 35.2 Å². The first kappa shape index (κ1) is 15.1. The minimum absolute atomic E-state index is 0.0155. The van der Waals surface area contributed by atoms with Gasteiger partial charge in [-0.3, -0.25) is 0 Å². The first-order valence-corrected chi connectivity index (χ1v) is 7.46. The van der Waals surface area contributed by atoms with E-state index in [1.54, 1.807) is 7.11 Å². The van der Waals surface area contributed by atoms with Gasteiger partial charge in [0.2, 0.25) is 0 Å². The fourth-order valence-electron chi connectivity index (χ4n) is 2.44. The summed E-state index contributed by atoms with van der Waals surface area (Å²) in [6, 6.07) is 12.4. The molecule has 2 N–H and O–H groups in total. The molecule has 0 bridgehead atoms. The van der Waals surface area contributed by atoms with Gasteiger partial charge in [-0.25, -0.2) is 0 Å². The summed E-state index contributed by atoms with van der Waals surface area (Å²) in [6.07, 6.45) is 0.814. The Kier molecular flexibility index (Phi) is 4.84. The Morgan fingerprint density at radius 1 is 1.15 bits per heavy atom. The number of halogens is 1. The summed E-state index contributed by atoms with van der Waals surface area (Å²) in [5.74, 6) is 0.916. The van der Waals surface area contributed by atoms with Crippen LogP contribution < -0.4 is 10.5 Å². The van der Waals surface area contributed by atoms with Gasteiger partial charge in [0, 0.05) is 10.5 Å². The van der Waals surface area contributed by atoms with Crippen molar-refractivity contribution in [2.24, 2.45) is 5.73 Å². The second-order valence-electron chi connectivity index (χ2n) is 5.08. The number of aryl methyl sites for hydroxylation is 2. The van der Waals surface area contributed by atoms with Crippen LogP contribution >= 0.6 is 15.9 Å². The molecule has 0 saturated heterocycles. The van der Waals surface area contributed by atoms with Gasteiger partial charge in [0.25, 0.3) is 0 Å². The van der Waals surface area contributed by atoms with Crippen LogP contribution in [0.15, 0.2) is 40.9 Å². The number of rotatable bonds is 4. The Balaban J connectivity index is 2.28. The maximum atomic E-state index is 6.40. The monoisotopic (exact) mass is 333 g/mol. The molecule has 0 aliphatic heterocycles. The van der Waals surface area contributed by atoms with E-state index in [4.69, 9.17) is 10.5 Å². The summed E-state index contributed by atoms with van der Waals surface area (Å²) in [6.45, 7) is 4.13. The van der Waals surface area contributed by atoms with Crippen LogP contribution in [0, 0.1) is 13.8 Å². The van der Waals surface area contributed by atoms with Gasteiger partial charge in [0.05, 0.1) is 7.11 Å². The van der Waals surface area contributed by atoms with E-state index in [0.717, 1.165) is 22.2 Å². The minimum atomic E-state index is -0.0155. The molecular formula is C17H20BrNO. The van der Waals surface area contributed by atoms with Crippen LogP contribution in [-0.2, 0) is 6.42 Å². The molecule has 3 heteroatoms. The van der Waals surface area contributed by atoms with Crippen LogP contribution in [0.5, 0.6) is 5.75 Å². The van der Waals surface area contributed by atoms with Crippen molar-refractivity contribution in [3.63, 3.8) is 0 Å². The zero-order valence-corrected chi connectivity index (χ0v) is 13.7. The number of benzene rings is 2. The second-order valence-corrected chi connectivity index (χ2v) is 5.93. The average Bonchev–Trinajstić information content (AvgIpc) is 2.43. The zero-order valence-electron chi connectivity index (χ0n) is 12.1. The fraction of sp³-hybridized carbons (Fsp3) is 0.294. The second kappa shape index (κ2) is 6.42. The van der Waals surface area contributed by atoms with Gasteiger partial charge in [-0.2, -0.15) is 0 Å². The largest absolute Gasteiger partial charge is 0.496 e. The van der Waals surface area contributed by atoms with Gasteiger partial charge in [-0.15, -0.1) is 0 Å². The van der Waals surface area contributed by atoms with Crippen molar-refractivity contribution < 1.29 is 4.74 Å². The first-order valence-electron chi connectivity index (χ1n) is 6.67. The number of methoxy groups -OCH3 is 1. The van der Waals surface area contributed by atoms with Crippen molar-refractivity contribution in [2.75, 3.05) is 7.11 Å². The van der Waals surface area contributed by atoms with Gasteiger partial charge in [0.15, 0.2) is 0 Å². The predicted octanol–water partition coefficient (Wildman–Crippen LogP) is 4.32. The average molecular weight is 334 g/mol. The lowest BCUT2D eigenvalue weighted by atomic mass is 9.94. The predicted molar refractivity (Wildman–Crippen MR) is 87.2 cm³/mol. The van der Waals surface area contributed by atoms with Gasteiger partial charge in [-0.1, -0.05) is 40.2 Å². The lowest BCUT2D eigenvalue weighted by Crippen LogP contribution is -2.15. The highest BCUT2D eigenvalue weighted by atomic mass is 79.9. The van der Waals surface area contributed by atoms with Crippen molar-refractivity contribution >= 4 is 15.9 Å². The molecule has 0 amide bonds. The lowest BCUT2D eigenvalue weighted by Gasteiger charge is -2.18. The highest BCUT2D eigenvalue weighted by Gasteiger charge is 2.13. The molecule has 0 spiro atoms. The van der Waals surface area contributed by atoms with Crippen molar-refractivity contribution in [3.8, 4) is 5.75 Å². The van der Waals surface area contributed by atoms with E-state index < -0.39 is 0 Å². The molecule has 106 valence electrons. The van der Waals surface area contributed by atoms with Crippen molar-refractivity contribution in [1.29, 1.82) is 0 Å². The van der Waals surface area contributed by atoms with Crippen LogP contribution in [0.1, 0.15) is 28.3 Å². The zero-order chi connectivity index (χ0) is 14.7.